The summed E-state index contributed by atoms with van der Waals surface area (Å²) in [6, 6.07) is 9.40. The van der Waals surface area contributed by atoms with Crippen molar-refractivity contribution in [2.45, 2.75) is 18.0 Å². The van der Waals surface area contributed by atoms with Crippen molar-refractivity contribution < 1.29 is 35.9 Å². The third-order valence-electron chi connectivity index (χ3n) is 4.63. The first-order valence-electron chi connectivity index (χ1n) is 9.40. The summed E-state index contributed by atoms with van der Waals surface area (Å²) in [7, 11) is -2.38. The van der Waals surface area contributed by atoms with E-state index < -0.39 is 33.4 Å². The summed E-state index contributed by atoms with van der Waals surface area (Å²) in [5, 5.41) is 5.98. The van der Waals surface area contributed by atoms with E-state index in [1.807, 2.05) is 5.10 Å². The number of alkyl halides is 3. The van der Waals surface area contributed by atoms with Crippen LogP contribution in [0, 0.1) is 0 Å². The zero-order valence-electron chi connectivity index (χ0n) is 17.4. The second-order valence-corrected chi connectivity index (χ2v) is 9.37. The Morgan fingerprint density at radius 2 is 1.76 bits per heavy atom. The largest absolute Gasteiger partial charge is 0.495 e. The minimum atomic E-state index is -4.73. The molecule has 0 saturated carbocycles. The standard InChI is InChI=1S/C21H18ClF3N2O5S/c1-12(28)32-9-10-33(29,30)15-6-3-13(4-7-15)19-18(20(27-26-19)21(23,24)25)14-5-8-17(31-2)16(22)11-14/h3-8,11H,9-10H2,1-2H3,(H,26,27). The number of methoxy groups -OCH3 is 1. The number of aromatic nitrogens is 2. The third-order valence-corrected chi connectivity index (χ3v) is 6.62. The average molecular weight is 503 g/mol. The van der Waals surface area contributed by atoms with Crippen molar-refractivity contribution in [1.82, 2.24) is 10.2 Å². The van der Waals surface area contributed by atoms with Crippen LogP contribution in [0.25, 0.3) is 22.4 Å². The normalized spacial score (nSPS) is 11.9. The maximum absolute atomic E-state index is 13.7. The van der Waals surface area contributed by atoms with Gasteiger partial charge >= 0.3 is 12.1 Å². The number of benzene rings is 2. The molecule has 12 heteroatoms. The van der Waals surface area contributed by atoms with Crippen molar-refractivity contribution in [3.63, 3.8) is 0 Å². The van der Waals surface area contributed by atoms with Crippen LogP contribution in [0.3, 0.4) is 0 Å². The molecule has 3 aromatic rings. The monoisotopic (exact) mass is 502 g/mol. The second kappa shape index (κ2) is 9.44. The topological polar surface area (TPSA) is 98.4 Å². The average Bonchev–Trinajstić information content (AvgIpc) is 3.19. The van der Waals surface area contributed by atoms with Crippen molar-refractivity contribution in [2.24, 2.45) is 0 Å². The van der Waals surface area contributed by atoms with Gasteiger partial charge in [0.15, 0.2) is 9.84 Å². The zero-order chi connectivity index (χ0) is 24.4. The van der Waals surface area contributed by atoms with Crippen molar-refractivity contribution in [2.75, 3.05) is 19.5 Å². The molecule has 0 atom stereocenters. The van der Waals surface area contributed by atoms with Gasteiger partial charge in [0.1, 0.15) is 23.7 Å². The molecule has 0 radical (unpaired) electrons. The molecule has 0 aliphatic heterocycles. The number of esters is 1. The third kappa shape index (κ3) is 5.48. The molecular formula is C21H18ClF3N2O5S. The summed E-state index contributed by atoms with van der Waals surface area (Å²) >= 11 is 6.11. The summed E-state index contributed by atoms with van der Waals surface area (Å²) in [5.41, 5.74) is -0.945. The Hall–Kier alpha value is -3.05. The summed E-state index contributed by atoms with van der Waals surface area (Å²) in [6.07, 6.45) is -4.73. The van der Waals surface area contributed by atoms with Crippen LogP contribution < -0.4 is 4.74 Å². The molecule has 0 aliphatic carbocycles. The van der Waals surface area contributed by atoms with E-state index in [4.69, 9.17) is 16.3 Å². The van der Waals surface area contributed by atoms with Gasteiger partial charge in [0.25, 0.3) is 0 Å². The molecule has 0 aliphatic rings. The number of carbonyl (C=O) groups excluding carboxylic acids is 1. The number of halogens is 4. The fourth-order valence-electron chi connectivity index (χ4n) is 3.09. The Balaban J connectivity index is 2.03. The van der Waals surface area contributed by atoms with Crippen LogP contribution in [0.2, 0.25) is 5.02 Å². The Morgan fingerprint density at radius 3 is 2.30 bits per heavy atom. The molecule has 0 bridgehead atoms. The smallest absolute Gasteiger partial charge is 0.433 e. The predicted molar refractivity (Wildman–Crippen MR) is 115 cm³/mol. The highest BCUT2D eigenvalue weighted by atomic mass is 35.5. The quantitative estimate of drug-likeness (QED) is 0.468. The van der Waals surface area contributed by atoms with Crippen LogP contribution in [0.15, 0.2) is 47.4 Å². The van der Waals surface area contributed by atoms with E-state index in [1.165, 1.54) is 49.6 Å². The van der Waals surface area contributed by atoms with Crippen LogP contribution in [0.5, 0.6) is 5.75 Å². The first-order chi connectivity index (χ1) is 15.4. The molecule has 1 heterocycles. The molecule has 176 valence electrons. The number of sulfone groups is 1. The van der Waals surface area contributed by atoms with Crippen LogP contribution >= 0.6 is 11.6 Å². The SMILES string of the molecule is COc1ccc(-c2c(-c3ccc(S(=O)(=O)CCOC(C)=O)cc3)n[nH]c2C(F)(F)F)cc1Cl. The van der Waals surface area contributed by atoms with Crippen LogP contribution in [0.4, 0.5) is 13.2 Å². The van der Waals surface area contributed by atoms with Crippen LogP contribution in [-0.2, 0) is 25.5 Å². The van der Waals surface area contributed by atoms with E-state index in [9.17, 15) is 26.4 Å². The number of rotatable bonds is 7. The summed E-state index contributed by atoms with van der Waals surface area (Å²) < 4.78 is 75.5. The first-order valence-corrected chi connectivity index (χ1v) is 11.4. The number of nitrogens with one attached hydrogen (secondary N) is 1. The number of nitrogens with zero attached hydrogens (tertiary/aromatic N) is 1. The van der Waals surface area contributed by atoms with Gasteiger partial charge in [-0.3, -0.25) is 9.89 Å². The number of aromatic amines is 1. The van der Waals surface area contributed by atoms with Crippen LogP contribution in [-0.4, -0.2) is 44.1 Å². The Morgan fingerprint density at radius 1 is 1.12 bits per heavy atom. The first kappa shape index (κ1) is 24.6. The Bertz CT molecular complexity index is 1270. The molecule has 0 unspecified atom stereocenters. The van der Waals surface area contributed by atoms with E-state index in [2.05, 4.69) is 9.84 Å². The second-order valence-electron chi connectivity index (χ2n) is 6.85. The van der Waals surface area contributed by atoms with Gasteiger partial charge in [-0.25, -0.2) is 8.42 Å². The molecule has 33 heavy (non-hydrogen) atoms. The van der Waals surface area contributed by atoms with Gasteiger partial charge in [-0.2, -0.15) is 18.3 Å². The molecule has 1 aromatic heterocycles. The molecule has 0 fully saturated rings. The lowest BCUT2D eigenvalue weighted by atomic mass is 9.98. The number of H-pyrrole nitrogens is 1. The molecule has 1 N–H and O–H groups in total. The van der Waals surface area contributed by atoms with E-state index in [1.54, 1.807) is 0 Å². The fourth-order valence-corrected chi connectivity index (χ4v) is 4.44. The van der Waals surface area contributed by atoms with Gasteiger partial charge in [0.2, 0.25) is 0 Å². The summed E-state index contributed by atoms with van der Waals surface area (Å²) in [6.45, 7) is 0.851. The molecular weight excluding hydrogens is 485 g/mol. The Labute approximate surface area is 192 Å². The van der Waals surface area contributed by atoms with Gasteiger partial charge in [0, 0.05) is 18.1 Å². The molecule has 7 nitrogen and oxygen atoms in total. The lowest BCUT2D eigenvalue weighted by molar-refractivity contribution is -0.141. The maximum Gasteiger partial charge on any atom is 0.433 e. The van der Waals surface area contributed by atoms with Gasteiger partial charge in [-0.15, -0.1) is 0 Å². The molecule has 3 rings (SSSR count). The van der Waals surface area contributed by atoms with Crippen molar-refractivity contribution in [3.05, 3.63) is 53.2 Å². The van der Waals surface area contributed by atoms with Crippen LogP contribution in [0.1, 0.15) is 12.6 Å². The van der Waals surface area contributed by atoms with Gasteiger partial charge in [-0.05, 0) is 29.8 Å². The van der Waals surface area contributed by atoms with Crippen molar-refractivity contribution >= 4 is 27.4 Å². The molecule has 2 aromatic carbocycles. The number of carbonyl (C=O) groups is 1. The lowest BCUT2D eigenvalue weighted by Crippen LogP contribution is -2.14. The van der Waals surface area contributed by atoms with Gasteiger partial charge in [-0.1, -0.05) is 29.8 Å². The van der Waals surface area contributed by atoms with E-state index in [0.717, 1.165) is 6.92 Å². The lowest BCUT2D eigenvalue weighted by Gasteiger charge is -2.11. The minimum absolute atomic E-state index is 0.0348. The summed E-state index contributed by atoms with van der Waals surface area (Å²) in [5.74, 6) is -0.740. The minimum Gasteiger partial charge on any atom is -0.495 e. The number of hydrogen-bond acceptors (Lipinski definition) is 6. The van der Waals surface area contributed by atoms with E-state index in [0.29, 0.717) is 5.75 Å². The highest BCUT2D eigenvalue weighted by Crippen LogP contribution is 2.42. The van der Waals surface area contributed by atoms with Gasteiger partial charge < -0.3 is 9.47 Å². The van der Waals surface area contributed by atoms with E-state index >= 15 is 0 Å². The highest BCUT2D eigenvalue weighted by Gasteiger charge is 2.38. The zero-order valence-corrected chi connectivity index (χ0v) is 18.9. The number of ether oxygens (including phenoxy) is 2. The maximum atomic E-state index is 13.7. The number of hydrogen-bond donors (Lipinski definition) is 1. The Kier molecular flexibility index (Phi) is 7.03. The highest BCUT2D eigenvalue weighted by molar-refractivity contribution is 7.91. The molecule has 0 amide bonds. The van der Waals surface area contributed by atoms with E-state index in [-0.39, 0.29) is 38.9 Å². The summed E-state index contributed by atoms with van der Waals surface area (Å²) in [4.78, 5) is 10.8. The predicted octanol–water partition coefficient (Wildman–Crippen LogP) is 4.76. The van der Waals surface area contributed by atoms with Crippen molar-refractivity contribution in [1.29, 1.82) is 0 Å². The molecule has 0 saturated heterocycles. The van der Waals surface area contributed by atoms with Gasteiger partial charge in [0.05, 0.1) is 22.8 Å². The van der Waals surface area contributed by atoms with Crippen molar-refractivity contribution in [3.8, 4) is 28.1 Å². The fraction of sp³-hybridized carbons (Fsp3) is 0.238. The molecule has 0 spiro atoms.